The fourth-order valence-electron chi connectivity index (χ4n) is 2.57. The van der Waals surface area contributed by atoms with Crippen molar-refractivity contribution < 1.29 is 13.2 Å². The van der Waals surface area contributed by atoms with Gasteiger partial charge in [-0.3, -0.25) is 4.98 Å². The molecule has 0 bridgehead atoms. The van der Waals surface area contributed by atoms with Crippen LogP contribution in [0.2, 0.25) is 0 Å². The first-order valence-corrected chi connectivity index (χ1v) is 6.70. The van der Waals surface area contributed by atoms with Crippen LogP contribution in [0.15, 0.2) is 36.4 Å². The number of fused-ring (bicyclic) bond motifs is 1. The quantitative estimate of drug-likeness (QED) is 0.739. The van der Waals surface area contributed by atoms with E-state index in [1.54, 1.807) is 0 Å². The Hall–Kier alpha value is -1.84. The standard InChI is InChI=1S/C16H14F3N/c17-16(18,19)13-8-5-12(6-9-13)15-10-7-11-3-1-2-4-14(11)20-15/h5-10H,1-4H2. The molecular formula is C16H14F3N. The van der Waals surface area contributed by atoms with Gasteiger partial charge in [0.25, 0.3) is 0 Å². The van der Waals surface area contributed by atoms with Crippen molar-refractivity contribution >= 4 is 0 Å². The predicted octanol–water partition coefficient (Wildman–Crippen LogP) is 4.65. The van der Waals surface area contributed by atoms with Gasteiger partial charge < -0.3 is 0 Å². The monoisotopic (exact) mass is 277 g/mol. The molecule has 0 fully saturated rings. The van der Waals surface area contributed by atoms with Gasteiger partial charge in [-0.05, 0) is 49.4 Å². The summed E-state index contributed by atoms with van der Waals surface area (Å²) in [5, 5.41) is 0. The van der Waals surface area contributed by atoms with Gasteiger partial charge in [0.1, 0.15) is 0 Å². The molecule has 104 valence electrons. The van der Waals surface area contributed by atoms with Crippen LogP contribution >= 0.6 is 0 Å². The van der Waals surface area contributed by atoms with Gasteiger partial charge in [-0.1, -0.05) is 18.2 Å². The van der Waals surface area contributed by atoms with Gasteiger partial charge in [-0.25, -0.2) is 0 Å². The second kappa shape index (κ2) is 4.93. The summed E-state index contributed by atoms with van der Waals surface area (Å²) in [6, 6.07) is 9.13. The molecule has 1 aromatic carbocycles. The van der Waals surface area contributed by atoms with Gasteiger partial charge in [0.05, 0.1) is 11.3 Å². The van der Waals surface area contributed by atoms with Crippen molar-refractivity contribution in [2.75, 3.05) is 0 Å². The Balaban J connectivity index is 1.93. The average Bonchev–Trinajstić information content (AvgIpc) is 2.46. The van der Waals surface area contributed by atoms with E-state index in [2.05, 4.69) is 11.1 Å². The summed E-state index contributed by atoms with van der Waals surface area (Å²) in [7, 11) is 0. The summed E-state index contributed by atoms with van der Waals surface area (Å²) >= 11 is 0. The van der Waals surface area contributed by atoms with E-state index in [9.17, 15) is 13.2 Å². The lowest BCUT2D eigenvalue weighted by atomic mass is 9.95. The van der Waals surface area contributed by atoms with Crippen LogP contribution in [0.25, 0.3) is 11.3 Å². The SMILES string of the molecule is FC(F)(F)c1ccc(-c2ccc3c(n2)CCCC3)cc1. The lowest BCUT2D eigenvalue weighted by Crippen LogP contribution is -2.06. The number of halogens is 3. The molecule has 0 amide bonds. The molecule has 2 aromatic rings. The maximum Gasteiger partial charge on any atom is 0.416 e. The third-order valence-electron chi connectivity index (χ3n) is 3.69. The van der Waals surface area contributed by atoms with Crippen molar-refractivity contribution in [1.82, 2.24) is 4.98 Å². The number of hydrogen-bond donors (Lipinski definition) is 0. The molecule has 0 atom stereocenters. The summed E-state index contributed by atoms with van der Waals surface area (Å²) in [5.74, 6) is 0. The van der Waals surface area contributed by atoms with E-state index in [0.717, 1.165) is 48.3 Å². The maximum absolute atomic E-state index is 12.5. The first-order valence-electron chi connectivity index (χ1n) is 6.70. The zero-order valence-electron chi connectivity index (χ0n) is 10.9. The largest absolute Gasteiger partial charge is 0.416 e. The highest BCUT2D eigenvalue weighted by Gasteiger charge is 2.30. The minimum atomic E-state index is -4.29. The maximum atomic E-state index is 12.5. The number of aryl methyl sites for hydroxylation is 2. The molecular weight excluding hydrogens is 263 g/mol. The van der Waals surface area contributed by atoms with Crippen LogP contribution in [0.4, 0.5) is 13.2 Å². The molecule has 0 unspecified atom stereocenters. The zero-order valence-corrected chi connectivity index (χ0v) is 10.9. The summed E-state index contributed by atoms with van der Waals surface area (Å²) in [4.78, 5) is 4.59. The Morgan fingerprint density at radius 1 is 0.850 bits per heavy atom. The first kappa shape index (κ1) is 13.2. The Bertz CT molecular complexity index is 615. The highest BCUT2D eigenvalue weighted by molar-refractivity contribution is 5.60. The highest BCUT2D eigenvalue weighted by Crippen LogP contribution is 2.31. The van der Waals surface area contributed by atoms with E-state index >= 15 is 0 Å². The molecule has 0 N–H and O–H groups in total. The molecule has 0 saturated carbocycles. The molecule has 0 radical (unpaired) electrons. The van der Waals surface area contributed by atoms with Crippen LogP contribution in [0, 0.1) is 0 Å². The van der Waals surface area contributed by atoms with Crippen molar-refractivity contribution in [2.45, 2.75) is 31.9 Å². The van der Waals surface area contributed by atoms with E-state index in [1.165, 1.54) is 24.1 Å². The Kier molecular flexibility index (Phi) is 3.24. The molecule has 4 heteroatoms. The van der Waals surface area contributed by atoms with Crippen LogP contribution in [0.3, 0.4) is 0 Å². The lowest BCUT2D eigenvalue weighted by Gasteiger charge is -2.15. The highest BCUT2D eigenvalue weighted by atomic mass is 19.4. The van der Waals surface area contributed by atoms with Crippen LogP contribution in [-0.4, -0.2) is 4.98 Å². The van der Waals surface area contributed by atoms with Crippen LogP contribution < -0.4 is 0 Å². The molecule has 1 aromatic heterocycles. The second-order valence-corrected chi connectivity index (χ2v) is 5.08. The minimum absolute atomic E-state index is 0.626. The number of pyridine rings is 1. The third-order valence-corrected chi connectivity index (χ3v) is 3.69. The molecule has 0 spiro atoms. The van der Waals surface area contributed by atoms with Crippen molar-refractivity contribution in [3.63, 3.8) is 0 Å². The minimum Gasteiger partial charge on any atom is -0.253 e. The predicted molar refractivity (Wildman–Crippen MR) is 71.3 cm³/mol. The molecule has 1 heterocycles. The van der Waals surface area contributed by atoms with Gasteiger partial charge >= 0.3 is 6.18 Å². The van der Waals surface area contributed by atoms with Crippen molar-refractivity contribution in [3.05, 3.63) is 53.2 Å². The van der Waals surface area contributed by atoms with E-state index in [0.29, 0.717) is 0 Å². The molecule has 1 aliphatic carbocycles. The molecule has 1 nitrogen and oxygen atoms in total. The topological polar surface area (TPSA) is 12.9 Å². The van der Waals surface area contributed by atoms with Crippen molar-refractivity contribution in [1.29, 1.82) is 0 Å². The summed E-state index contributed by atoms with van der Waals surface area (Å²) < 4.78 is 37.6. The fourth-order valence-corrected chi connectivity index (χ4v) is 2.57. The number of nitrogens with zero attached hydrogens (tertiary/aromatic N) is 1. The van der Waals surface area contributed by atoms with Gasteiger partial charge in [0.2, 0.25) is 0 Å². The van der Waals surface area contributed by atoms with E-state index in [1.807, 2.05) is 6.07 Å². The average molecular weight is 277 g/mol. The molecule has 3 rings (SSSR count). The summed E-state index contributed by atoms with van der Waals surface area (Å²) in [6.45, 7) is 0. The molecule has 1 aliphatic rings. The molecule has 0 saturated heterocycles. The van der Waals surface area contributed by atoms with E-state index < -0.39 is 11.7 Å². The number of benzene rings is 1. The molecule has 20 heavy (non-hydrogen) atoms. The first-order chi connectivity index (χ1) is 9.54. The van der Waals surface area contributed by atoms with E-state index in [4.69, 9.17) is 0 Å². The molecule has 0 aliphatic heterocycles. The van der Waals surface area contributed by atoms with Crippen LogP contribution in [-0.2, 0) is 19.0 Å². The fraction of sp³-hybridized carbons (Fsp3) is 0.312. The Morgan fingerprint density at radius 2 is 1.55 bits per heavy atom. The summed E-state index contributed by atoms with van der Waals surface area (Å²) in [5.41, 5.74) is 3.21. The van der Waals surface area contributed by atoms with Gasteiger partial charge in [0, 0.05) is 11.3 Å². The van der Waals surface area contributed by atoms with Crippen LogP contribution in [0.5, 0.6) is 0 Å². The van der Waals surface area contributed by atoms with Crippen molar-refractivity contribution in [3.8, 4) is 11.3 Å². The number of aromatic nitrogens is 1. The third kappa shape index (κ3) is 2.55. The lowest BCUT2D eigenvalue weighted by molar-refractivity contribution is -0.137. The number of rotatable bonds is 1. The summed E-state index contributed by atoms with van der Waals surface area (Å²) in [6.07, 6.45) is 0.0476. The zero-order chi connectivity index (χ0) is 14.2. The second-order valence-electron chi connectivity index (χ2n) is 5.08. The number of hydrogen-bond acceptors (Lipinski definition) is 1. The number of alkyl halides is 3. The van der Waals surface area contributed by atoms with Gasteiger partial charge in [-0.15, -0.1) is 0 Å². The van der Waals surface area contributed by atoms with Gasteiger partial charge in [-0.2, -0.15) is 13.2 Å². The Labute approximate surface area is 115 Å². The van der Waals surface area contributed by atoms with Gasteiger partial charge in [0.15, 0.2) is 0 Å². The normalized spacial score (nSPS) is 14.9. The smallest absolute Gasteiger partial charge is 0.253 e. The van der Waals surface area contributed by atoms with Crippen LogP contribution in [0.1, 0.15) is 29.7 Å². The van der Waals surface area contributed by atoms with E-state index in [-0.39, 0.29) is 0 Å². The Morgan fingerprint density at radius 3 is 2.25 bits per heavy atom. The van der Waals surface area contributed by atoms with Crippen molar-refractivity contribution in [2.24, 2.45) is 0 Å².